The average Bonchev–Trinajstić information content (AvgIpc) is 0.765. The molecule has 9 unspecified atom stereocenters. The van der Waals surface area contributed by atoms with Crippen molar-refractivity contribution < 1.29 is 146 Å². The molecule has 5 aromatic carbocycles. The van der Waals surface area contributed by atoms with E-state index >= 15 is 0 Å². The Balaban J connectivity index is -0.00000130. The molecule has 9 atom stereocenters. The number of hydrogen-bond donors (Lipinski definition) is 3. The first-order valence-electron chi connectivity index (χ1n) is 37.4. The summed E-state index contributed by atoms with van der Waals surface area (Å²) >= 11 is 0. The fourth-order valence-corrected chi connectivity index (χ4v) is 10.5. The van der Waals surface area contributed by atoms with Crippen LogP contribution in [-0.4, -0.2) is 144 Å². The second-order valence-electron chi connectivity index (χ2n) is 26.9. The molecular formula is C88H119NaO24. The monoisotopic (exact) mass is 1580 g/mol. The van der Waals surface area contributed by atoms with Crippen molar-refractivity contribution in [3.8, 4) is 0 Å². The number of esters is 6. The molecule has 0 bridgehead atoms. The van der Waals surface area contributed by atoms with Crippen molar-refractivity contribution in [1.29, 1.82) is 0 Å². The third-order valence-electron chi connectivity index (χ3n) is 17.9. The number of aliphatic carboxylic acids is 3. The minimum atomic E-state index is -1.67. The molecule has 0 spiro atoms. The first kappa shape index (κ1) is 108. The van der Waals surface area contributed by atoms with E-state index in [1.807, 2.05) is 127 Å². The minimum absolute atomic E-state index is 0. The molecule has 25 heteroatoms. The van der Waals surface area contributed by atoms with Crippen molar-refractivity contribution >= 4 is 82.6 Å². The molecule has 3 N–H and O–H groups in total. The normalized spacial score (nSPS) is 13.3. The molecule has 0 aliphatic heterocycles. The Morgan fingerprint density at radius 2 is 0.646 bits per heavy atom. The fraction of sp³-hybridized carbons (Fsp3) is 0.477. The van der Waals surface area contributed by atoms with Gasteiger partial charge in [0.15, 0.2) is 0 Å². The number of carboxylic acids is 3. The predicted molar refractivity (Wildman–Crippen MR) is 422 cm³/mol. The molecule has 5 aromatic rings. The summed E-state index contributed by atoms with van der Waals surface area (Å²) in [6.07, 6.45) is 2.36. The van der Waals surface area contributed by atoms with Crippen LogP contribution < -0.4 is 34.7 Å². The van der Waals surface area contributed by atoms with Gasteiger partial charge in [0.1, 0.15) is 51.1 Å². The van der Waals surface area contributed by atoms with E-state index in [0.29, 0.717) is 50.9 Å². The van der Waals surface area contributed by atoms with Crippen LogP contribution in [0.15, 0.2) is 164 Å². The molecule has 0 radical (unpaired) electrons. The van der Waals surface area contributed by atoms with E-state index in [9.17, 15) is 77.3 Å². The predicted octanol–water partition coefficient (Wildman–Crippen LogP) is 9.95. The molecule has 24 nitrogen and oxygen atoms in total. The Labute approximate surface area is 689 Å². The maximum absolute atomic E-state index is 12.3. The smallest absolute Gasteiger partial charge is 0.855 e. The van der Waals surface area contributed by atoms with Crippen molar-refractivity contribution in [2.75, 3.05) is 46.2 Å². The Kier molecular flexibility index (Phi) is 56.3. The van der Waals surface area contributed by atoms with Gasteiger partial charge in [-0.25, -0.2) is 4.79 Å². The molecular weight excluding hydrogens is 1460 g/mol. The maximum Gasteiger partial charge on any atom is 1.00 e. The average molecular weight is 1580 g/mol. The summed E-state index contributed by atoms with van der Waals surface area (Å²) in [6.45, 7) is 31.6. The van der Waals surface area contributed by atoms with Crippen LogP contribution in [0.1, 0.15) is 171 Å². The van der Waals surface area contributed by atoms with E-state index in [1.54, 1.807) is 86.6 Å². The van der Waals surface area contributed by atoms with Gasteiger partial charge in [-0.05, 0) is 183 Å². The van der Waals surface area contributed by atoms with Crippen molar-refractivity contribution in [1.82, 2.24) is 0 Å². The Hall–Kier alpha value is -9.62. The van der Waals surface area contributed by atoms with E-state index in [1.165, 1.54) is 55.4 Å². The number of benzene rings is 5. The largest absolute Gasteiger partial charge is 1.00 e. The van der Waals surface area contributed by atoms with Gasteiger partial charge in [0.25, 0.3) is 0 Å². The zero-order valence-electron chi connectivity index (χ0n) is 69.3. The van der Waals surface area contributed by atoms with Gasteiger partial charge in [0.05, 0.1) is 63.3 Å². The Morgan fingerprint density at radius 1 is 0.381 bits per heavy atom. The molecule has 0 aromatic heterocycles. The van der Waals surface area contributed by atoms with Crippen molar-refractivity contribution in [2.45, 2.75) is 175 Å². The van der Waals surface area contributed by atoms with Crippen LogP contribution in [0.4, 0.5) is 0 Å². The van der Waals surface area contributed by atoms with Crippen LogP contribution in [-0.2, 0) is 128 Å². The zero-order chi connectivity index (χ0) is 85.7. The number of ketones is 5. The fourth-order valence-electron chi connectivity index (χ4n) is 10.5. The molecule has 0 fully saturated rings. The van der Waals surface area contributed by atoms with Crippen LogP contribution in [0, 0.1) is 51.8 Å². The zero-order valence-corrected chi connectivity index (χ0v) is 71.3. The quantitative estimate of drug-likeness (QED) is 0.0109. The first-order chi connectivity index (χ1) is 52.7. The van der Waals surface area contributed by atoms with Crippen molar-refractivity contribution in [2.24, 2.45) is 51.8 Å². The van der Waals surface area contributed by atoms with Crippen LogP contribution in [0.5, 0.6) is 0 Å². The first-order valence-corrected chi connectivity index (χ1v) is 37.4. The van der Waals surface area contributed by atoms with E-state index < -0.39 is 99.4 Å². The second kappa shape index (κ2) is 59.1. The van der Waals surface area contributed by atoms with Crippen LogP contribution in [0.25, 0.3) is 0 Å². The maximum atomic E-state index is 12.3. The SMILES string of the molecule is C=C(Cc1ccccc1)C(=O)OCC.CC(=O)C(C)(CC(Cc1ccccc1)C(=O)O)C(=O)O.CC(=O)C(C)CC(Cc1ccccc1)C(=O)O.CCOC(=O)C(C)C(C)=O.CCOC(=O)C(Cc1ccccc1)CC(C)(C(C)=O)C(=O)OCC.CCOC(=O)C(Cc1ccccc1)CC(C)(C(C)=O)C(=O)OCC.CC[O-].[Na+]. The molecule has 0 saturated carbocycles. The number of carbonyl (C=O) groups excluding carboxylic acids is 11. The Morgan fingerprint density at radius 3 is 0.903 bits per heavy atom. The Bertz CT molecular complexity index is 3600. The summed E-state index contributed by atoms with van der Waals surface area (Å²) in [5.74, 6) is -10.6. The van der Waals surface area contributed by atoms with Gasteiger partial charge in [-0.1, -0.05) is 172 Å². The molecule has 5 rings (SSSR count). The van der Waals surface area contributed by atoms with Gasteiger partial charge in [0, 0.05) is 17.9 Å². The molecule has 0 amide bonds. The van der Waals surface area contributed by atoms with Crippen LogP contribution in [0.2, 0.25) is 0 Å². The van der Waals surface area contributed by atoms with Crippen LogP contribution >= 0.6 is 0 Å². The van der Waals surface area contributed by atoms with E-state index in [-0.39, 0.29) is 123 Å². The molecule has 113 heavy (non-hydrogen) atoms. The van der Waals surface area contributed by atoms with Gasteiger partial charge in [-0.3, -0.25) is 62.3 Å². The summed E-state index contributed by atoms with van der Waals surface area (Å²) in [5.41, 5.74) is 0.883. The van der Waals surface area contributed by atoms with E-state index in [2.05, 4.69) is 11.3 Å². The van der Waals surface area contributed by atoms with E-state index in [4.69, 9.17) is 33.9 Å². The second-order valence-corrected chi connectivity index (χ2v) is 26.9. The summed E-state index contributed by atoms with van der Waals surface area (Å²) in [5, 5.41) is 36.5. The van der Waals surface area contributed by atoms with Crippen molar-refractivity contribution in [3.63, 3.8) is 0 Å². The van der Waals surface area contributed by atoms with Gasteiger partial charge >= 0.3 is 83.3 Å². The number of carbonyl (C=O) groups is 14. The molecule has 0 aliphatic carbocycles. The van der Waals surface area contributed by atoms with Gasteiger partial charge < -0.3 is 48.8 Å². The molecule has 0 saturated heterocycles. The van der Waals surface area contributed by atoms with Gasteiger partial charge in [0.2, 0.25) is 0 Å². The number of ether oxygens (including phenoxy) is 6. The number of hydrogen-bond acceptors (Lipinski definition) is 21. The van der Waals surface area contributed by atoms with Gasteiger partial charge in [-0.15, -0.1) is 6.61 Å². The van der Waals surface area contributed by atoms with E-state index in [0.717, 1.165) is 27.8 Å². The molecule has 616 valence electrons. The minimum Gasteiger partial charge on any atom is -0.855 e. The topological polar surface area (TPSA) is 378 Å². The summed E-state index contributed by atoms with van der Waals surface area (Å²) < 4.78 is 29.8. The number of Topliss-reactive ketones (excluding diaryl/α,β-unsaturated/α-hetero) is 5. The molecule has 0 heterocycles. The summed E-state index contributed by atoms with van der Waals surface area (Å²) in [4.78, 5) is 162. The summed E-state index contributed by atoms with van der Waals surface area (Å²) in [6, 6.07) is 47.1. The summed E-state index contributed by atoms with van der Waals surface area (Å²) in [7, 11) is 0. The van der Waals surface area contributed by atoms with Crippen molar-refractivity contribution in [3.05, 3.63) is 192 Å². The third-order valence-corrected chi connectivity index (χ3v) is 17.9. The third kappa shape index (κ3) is 42.7. The standard InChI is InChI=1S/2C19H26O5.C15H18O5.C14H18O3.C12H14O2.C7H12O3.C2H5O.Na/c2*1-5-23-17(21)16(12-15-10-8-7-9-11-15)13-19(4,14(3)20)18(22)24-6-2;1-10(16)15(2,14(19)20)9-12(13(17)18)8-11-6-4-3-5-7-11;1-10(11(2)15)8-13(14(16)17)9-12-6-4-3-5-7-12;1-3-14-12(13)10(2)9-11-7-5-4-6-8-11;1-4-10-7(9)5(2)6(3)8;1-2-3;/h2*7-11,16H,5-6,12-13H2,1-4H3;3-7,12H,8-9H2,1-2H3,(H,17,18)(H,19,20);3-7,10,13H,8-9H2,1-2H3,(H,16,17);4-8H,2-3,9H2,1H3;5H,4H2,1-3H3;2H2,1H3;/q;;;;;;-1;+1. The molecule has 0 aliphatic rings. The van der Waals surface area contributed by atoms with Gasteiger partial charge in [-0.2, -0.15) is 0 Å². The number of rotatable bonds is 38. The number of carboxylic acid groups (broad SMARTS) is 3. The van der Waals surface area contributed by atoms with Crippen LogP contribution in [0.3, 0.4) is 0 Å².